The number of nitrogens with one attached hydrogen (secondary N) is 1. The third-order valence-corrected chi connectivity index (χ3v) is 5.51. The highest BCUT2D eigenvalue weighted by molar-refractivity contribution is 9.11. The molecule has 2 aromatic heterocycles. The van der Waals surface area contributed by atoms with E-state index in [4.69, 9.17) is 22.9 Å². The number of aromatic nitrogens is 1. The highest BCUT2D eigenvalue weighted by Crippen LogP contribution is 2.26. The number of pyridine rings is 1. The van der Waals surface area contributed by atoms with Crippen LogP contribution >= 0.6 is 39.5 Å². The molecule has 0 fully saturated rings. The molecule has 3 nitrogen and oxygen atoms in total. The lowest BCUT2D eigenvalue weighted by molar-refractivity contribution is 0.898. The van der Waals surface area contributed by atoms with Gasteiger partial charge < -0.3 is 11.1 Å². The maximum absolute atomic E-state index is 5.84. The molecular formula is C15H16BrN3S2. The minimum atomic E-state index is 0.415. The number of hydrogen-bond donors (Lipinski definition) is 2. The molecule has 3 N–H and O–H groups in total. The molecule has 0 bridgehead atoms. The van der Waals surface area contributed by atoms with E-state index in [9.17, 15) is 0 Å². The third-order valence-electron chi connectivity index (χ3n) is 3.61. The van der Waals surface area contributed by atoms with Crippen LogP contribution in [0.25, 0.3) is 0 Å². The fraction of sp³-hybridized carbons (Fsp3) is 0.333. The molecule has 0 atom stereocenters. The first-order valence-corrected chi connectivity index (χ1v) is 8.96. The molecule has 0 saturated heterocycles. The van der Waals surface area contributed by atoms with Crippen LogP contribution in [0.2, 0.25) is 0 Å². The molecule has 2 heterocycles. The zero-order chi connectivity index (χ0) is 14.8. The highest BCUT2D eigenvalue weighted by Gasteiger charge is 2.17. The molecular weight excluding hydrogens is 366 g/mol. The quantitative estimate of drug-likeness (QED) is 0.775. The molecule has 1 aliphatic rings. The zero-order valence-electron chi connectivity index (χ0n) is 11.5. The largest absolute Gasteiger partial charge is 0.389 e. The Kier molecular flexibility index (Phi) is 4.57. The monoisotopic (exact) mass is 381 g/mol. The number of anilines is 1. The van der Waals surface area contributed by atoms with Crippen molar-refractivity contribution in [2.45, 2.75) is 25.7 Å². The maximum atomic E-state index is 5.84. The minimum absolute atomic E-state index is 0.415. The molecule has 110 valence electrons. The number of nitrogens with zero attached hydrogens (tertiary/aromatic N) is 1. The Labute approximate surface area is 142 Å². The van der Waals surface area contributed by atoms with E-state index < -0.39 is 0 Å². The first-order chi connectivity index (χ1) is 10.1. The van der Waals surface area contributed by atoms with Crippen LogP contribution < -0.4 is 11.1 Å². The van der Waals surface area contributed by atoms with E-state index in [2.05, 4.69) is 39.4 Å². The van der Waals surface area contributed by atoms with E-state index in [1.165, 1.54) is 22.6 Å². The summed E-state index contributed by atoms with van der Waals surface area (Å²) in [7, 11) is 0. The summed E-state index contributed by atoms with van der Waals surface area (Å²) in [5, 5.41) is 3.39. The lowest BCUT2D eigenvalue weighted by Crippen LogP contribution is -2.17. The Morgan fingerprint density at radius 3 is 3.00 bits per heavy atom. The molecule has 0 unspecified atom stereocenters. The van der Waals surface area contributed by atoms with E-state index in [-0.39, 0.29) is 0 Å². The number of hydrogen-bond acceptors (Lipinski definition) is 4. The van der Waals surface area contributed by atoms with E-state index in [1.807, 2.05) is 0 Å². The topological polar surface area (TPSA) is 50.9 Å². The van der Waals surface area contributed by atoms with Gasteiger partial charge in [-0.3, -0.25) is 0 Å². The molecule has 0 radical (unpaired) electrons. The first-order valence-electron chi connectivity index (χ1n) is 6.94. The summed E-state index contributed by atoms with van der Waals surface area (Å²) >= 11 is 10.4. The van der Waals surface area contributed by atoms with Crippen LogP contribution in [0.5, 0.6) is 0 Å². The molecule has 0 aromatic carbocycles. The minimum Gasteiger partial charge on any atom is -0.389 e. The predicted molar refractivity (Wildman–Crippen MR) is 96.4 cm³/mol. The molecule has 0 aliphatic heterocycles. The van der Waals surface area contributed by atoms with Gasteiger partial charge in [-0.1, -0.05) is 12.2 Å². The standard InChI is InChI=1S/C15H16BrN3S2/c16-13-5-4-10(21-13)6-7-18-15-11(14(17)20)8-9-2-1-3-12(9)19-15/h4-5,8H,1-3,6-7H2,(H2,17,20)(H,18,19). The lowest BCUT2D eigenvalue weighted by Gasteiger charge is -2.12. The van der Waals surface area contributed by atoms with Gasteiger partial charge in [0, 0.05) is 17.1 Å². The van der Waals surface area contributed by atoms with Gasteiger partial charge in [0.15, 0.2) is 0 Å². The maximum Gasteiger partial charge on any atom is 0.136 e. The van der Waals surface area contributed by atoms with E-state index in [0.29, 0.717) is 4.99 Å². The molecule has 3 rings (SSSR count). The average molecular weight is 382 g/mol. The van der Waals surface area contributed by atoms with Crippen LogP contribution in [0, 0.1) is 0 Å². The van der Waals surface area contributed by atoms with Crippen LogP contribution in [0.1, 0.15) is 28.1 Å². The molecule has 1 aliphatic carbocycles. The fourth-order valence-electron chi connectivity index (χ4n) is 2.58. The second-order valence-electron chi connectivity index (χ2n) is 5.09. The van der Waals surface area contributed by atoms with Gasteiger partial charge in [-0.15, -0.1) is 11.3 Å². The molecule has 0 spiro atoms. The van der Waals surface area contributed by atoms with Gasteiger partial charge in [0.2, 0.25) is 0 Å². The smallest absolute Gasteiger partial charge is 0.136 e. The van der Waals surface area contributed by atoms with Gasteiger partial charge in [-0.2, -0.15) is 0 Å². The summed E-state index contributed by atoms with van der Waals surface area (Å²) in [5.74, 6) is 0.832. The SMILES string of the molecule is NC(=S)c1cc2c(nc1NCCc1ccc(Br)s1)CCC2. The second kappa shape index (κ2) is 6.42. The van der Waals surface area contributed by atoms with Crippen molar-refractivity contribution in [1.82, 2.24) is 4.98 Å². The molecule has 2 aromatic rings. The Morgan fingerprint density at radius 1 is 1.43 bits per heavy atom. The summed E-state index contributed by atoms with van der Waals surface area (Å²) in [6.45, 7) is 0.828. The van der Waals surface area contributed by atoms with Crippen molar-refractivity contribution in [2.24, 2.45) is 5.73 Å². The fourth-order valence-corrected chi connectivity index (χ4v) is 4.22. The average Bonchev–Trinajstić information content (AvgIpc) is 3.06. The lowest BCUT2D eigenvalue weighted by atomic mass is 10.1. The van der Waals surface area contributed by atoms with Gasteiger partial charge in [-0.05, 0) is 65.4 Å². The third kappa shape index (κ3) is 3.44. The van der Waals surface area contributed by atoms with Gasteiger partial charge >= 0.3 is 0 Å². The van der Waals surface area contributed by atoms with Crippen LogP contribution in [0.15, 0.2) is 22.0 Å². The van der Waals surface area contributed by atoms with Crippen molar-refractivity contribution in [2.75, 3.05) is 11.9 Å². The molecule has 0 amide bonds. The summed E-state index contributed by atoms with van der Waals surface area (Å²) in [4.78, 5) is 6.48. The number of thiophene rings is 1. The number of rotatable bonds is 5. The van der Waals surface area contributed by atoms with Crippen molar-refractivity contribution in [3.05, 3.63) is 43.7 Å². The van der Waals surface area contributed by atoms with Crippen LogP contribution in [0.4, 0.5) is 5.82 Å². The van der Waals surface area contributed by atoms with Gasteiger partial charge in [0.1, 0.15) is 10.8 Å². The number of halogens is 1. The Morgan fingerprint density at radius 2 is 2.29 bits per heavy atom. The van der Waals surface area contributed by atoms with E-state index in [0.717, 1.165) is 41.0 Å². The summed E-state index contributed by atoms with van der Waals surface area (Å²) < 4.78 is 1.16. The molecule has 21 heavy (non-hydrogen) atoms. The predicted octanol–water partition coefficient (Wildman–Crippen LogP) is 3.68. The van der Waals surface area contributed by atoms with Crippen LogP contribution in [0.3, 0.4) is 0 Å². The molecule has 0 saturated carbocycles. The van der Waals surface area contributed by atoms with Gasteiger partial charge in [0.05, 0.1) is 9.35 Å². The van der Waals surface area contributed by atoms with Gasteiger partial charge in [0.25, 0.3) is 0 Å². The first kappa shape index (κ1) is 14.9. The number of thiocarbonyl (C=S) groups is 1. The van der Waals surface area contributed by atoms with E-state index >= 15 is 0 Å². The summed E-state index contributed by atoms with van der Waals surface area (Å²) in [5.41, 5.74) is 9.20. The Hall–Kier alpha value is -0.980. The van der Waals surface area contributed by atoms with Gasteiger partial charge in [-0.25, -0.2) is 4.98 Å². The van der Waals surface area contributed by atoms with Crippen LogP contribution in [-0.2, 0) is 19.3 Å². The zero-order valence-corrected chi connectivity index (χ0v) is 14.7. The van der Waals surface area contributed by atoms with Crippen molar-refractivity contribution < 1.29 is 0 Å². The number of nitrogens with two attached hydrogens (primary N) is 1. The van der Waals surface area contributed by atoms with Crippen molar-refractivity contribution in [1.29, 1.82) is 0 Å². The Balaban J connectivity index is 1.73. The number of aryl methyl sites for hydroxylation is 2. The summed E-state index contributed by atoms with van der Waals surface area (Å²) in [6, 6.07) is 6.33. The molecule has 6 heteroatoms. The summed E-state index contributed by atoms with van der Waals surface area (Å²) in [6.07, 6.45) is 4.28. The van der Waals surface area contributed by atoms with Crippen molar-refractivity contribution >= 4 is 50.3 Å². The highest BCUT2D eigenvalue weighted by atomic mass is 79.9. The van der Waals surface area contributed by atoms with Crippen molar-refractivity contribution in [3.63, 3.8) is 0 Å². The van der Waals surface area contributed by atoms with Crippen molar-refractivity contribution in [3.8, 4) is 0 Å². The van der Waals surface area contributed by atoms with Crippen LogP contribution in [-0.4, -0.2) is 16.5 Å². The Bertz CT molecular complexity index is 682. The van der Waals surface area contributed by atoms with E-state index in [1.54, 1.807) is 11.3 Å². The number of fused-ring (bicyclic) bond motifs is 1. The second-order valence-corrected chi connectivity index (χ2v) is 8.08. The normalized spacial score (nSPS) is 13.2.